The molecule has 0 spiro atoms. The minimum atomic E-state index is -0.106. The van der Waals surface area contributed by atoms with Crippen molar-refractivity contribution in [3.8, 4) is 22.3 Å². The first-order chi connectivity index (χ1) is 24.8. The number of nitrogens with one attached hydrogen (secondary N) is 1. The number of allylic oxidation sites excluding steroid dienone is 2. The summed E-state index contributed by atoms with van der Waals surface area (Å²) >= 11 is 0. The molecule has 12 rings (SSSR count). The molecule has 3 aliphatic carbocycles. The number of hydrogen-bond donors (Lipinski definition) is 1. The van der Waals surface area contributed by atoms with Crippen LogP contribution in [0.15, 0.2) is 120 Å². The van der Waals surface area contributed by atoms with Crippen LogP contribution in [0.4, 0.5) is 0 Å². The molecule has 1 N–H and O–H groups in total. The maximum atomic E-state index is 6.80. The van der Waals surface area contributed by atoms with Crippen molar-refractivity contribution in [3.05, 3.63) is 154 Å². The predicted octanol–water partition coefficient (Wildman–Crippen LogP) is 10.7. The number of aromatic amines is 1. The van der Waals surface area contributed by atoms with Crippen LogP contribution in [0.1, 0.15) is 79.1 Å². The lowest BCUT2D eigenvalue weighted by Crippen LogP contribution is -2.42. The van der Waals surface area contributed by atoms with Gasteiger partial charge < -0.3 is 9.40 Å². The van der Waals surface area contributed by atoms with E-state index in [2.05, 4.69) is 155 Å². The van der Waals surface area contributed by atoms with E-state index in [0.717, 1.165) is 17.6 Å². The second-order valence-electron chi connectivity index (χ2n) is 16.2. The summed E-state index contributed by atoms with van der Waals surface area (Å²) in [5, 5.41) is 3.75. The molecule has 1 radical (unpaired) electrons. The van der Waals surface area contributed by atoms with Crippen molar-refractivity contribution in [2.75, 3.05) is 0 Å². The molecule has 2 aromatic heterocycles. The van der Waals surface area contributed by atoms with Crippen molar-refractivity contribution in [3.63, 3.8) is 0 Å². The highest BCUT2D eigenvalue weighted by molar-refractivity contribution is 6.71. The summed E-state index contributed by atoms with van der Waals surface area (Å²) in [6, 6.07) is 42.9. The largest absolute Gasteiger partial charge is 0.456 e. The first kappa shape index (κ1) is 28.2. The molecule has 1 atom stereocenters. The van der Waals surface area contributed by atoms with E-state index in [1.165, 1.54) is 105 Å². The number of hydrogen-bond acceptors (Lipinski definition) is 1. The first-order valence-corrected chi connectivity index (χ1v) is 18.4. The van der Waals surface area contributed by atoms with Crippen molar-refractivity contribution >= 4 is 62.2 Å². The van der Waals surface area contributed by atoms with E-state index in [-0.39, 0.29) is 16.7 Å². The standard InChI is InChI=1S/C48H35BNO/c1-47(2)34-19-8-5-13-25(34)31-23-33-39-29(43(31)47)17-12-21-36(39)49-44-32(24-38-41(42(33)44)28-15-7-10-22-37(28)51-38)26-16-11-18-30-40-27-14-6-9-20-35(27)48(3,4)46(40)50-45(26)30/h5-22,24,33,50H,23H2,1-4H3. The van der Waals surface area contributed by atoms with E-state index < -0.39 is 0 Å². The quantitative estimate of drug-likeness (QED) is 0.176. The maximum absolute atomic E-state index is 6.80. The predicted molar refractivity (Wildman–Crippen MR) is 213 cm³/mol. The number of benzene rings is 6. The van der Waals surface area contributed by atoms with Gasteiger partial charge in [0.2, 0.25) is 0 Å². The van der Waals surface area contributed by atoms with Gasteiger partial charge in [-0.15, -0.1) is 0 Å². The molecule has 51 heavy (non-hydrogen) atoms. The number of para-hydroxylation sites is 2. The van der Waals surface area contributed by atoms with Crippen LogP contribution in [0.3, 0.4) is 0 Å². The Labute approximate surface area is 298 Å². The van der Waals surface area contributed by atoms with E-state index in [9.17, 15) is 0 Å². The van der Waals surface area contributed by atoms with Crippen molar-refractivity contribution in [2.24, 2.45) is 0 Å². The fourth-order valence-corrected chi connectivity index (χ4v) is 10.9. The molecule has 6 aromatic carbocycles. The molecule has 1 aliphatic heterocycles. The van der Waals surface area contributed by atoms with Gasteiger partial charge in [-0.3, -0.25) is 0 Å². The molecule has 1 unspecified atom stereocenters. The summed E-state index contributed by atoms with van der Waals surface area (Å²) < 4.78 is 6.80. The molecular formula is C48H35BNO. The smallest absolute Gasteiger partial charge is 0.193 e. The second-order valence-corrected chi connectivity index (χ2v) is 16.2. The van der Waals surface area contributed by atoms with E-state index in [0.29, 0.717) is 0 Å². The Bertz CT molecular complexity index is 2930. The lowest BCUT2D eigenvalue weighted by molar-refractivity contribution is 0.642. The van der Waals surface area contributed by atoms with Crippen LogP contribution in [0.2, 0.25) is 0 Å². The van der Waals surface area contributed by atoms with Gasteiger partial charge >= 0.3 is 0 Å². The lowest BCUT2D eigenvalue weighted by Gasteiger charge is -2.38. The minimum Gasteiger partial charge on any atom is -0.456 e. The zero-order valence-corrected chi connectivity index (χ0v) is 29.2. The Hall–Kier alpha value is -5.54. The molecule has 0 amide bonds. The van der Waals surface area contributed by atoms with Gasteiger partial charge in [0.15, 0.2) is 7.28 Å². The Morgan fingerprint density at radius 1 is 0.627 bits per heavy atom. The summed E-state index contributed by atoms with van der Waals surface area (Å²) in [5.41, 5.74) is 23.6. The molecule has 0 fully saturated rings. The molecule has 0 bridgehead atoms. The van der Waals surface area contributed by atoms with Crippen LogP contribution in [0.5, 0.6) is 0 Å². The minimum absolute atomic E-state index is 0.0537. The zero-order chi connectivity index (χ0) is 34.0. The van der Waals surface area contributed by atoms with Crippen LogP contribution in [0.25, 0.3) is 66.2 Å². The zero-order valence-electron chi connectivity index (χ0n) is 29.2. The second kappa shape index (κ2) is 9.22. The van der Waals surface area contributed by atoms with Crippen molar-refractivity contribution < 1.29 is 4.42 Å². The fourth-order valence-electron chi connectivity index (χ4n) is 10.9. The Morgan fingerprint density at radius 2 is 1.31 bits per heavy atom. The average Bonchev–Trinajstić information content (AvgIpc) is 3.85. The highest BCUT2D eigenvalue weighted by Gasteiger charge is 2.46. The molecular weight excluding hydrogens is 617 g/mol. The normalized spacial score (nSPS) is 18.3. The van der Waals surface area contributed by atoms with Gasteiger partial charge in [-0.1, -0.05) is 142 Å². The van der Waals surface area contributed by atoms with Crippen molar-refractivity contribution in [2.45, 2.75) is 50.9 Å². The summed E-state index contributed by atoms with van der Waals surface area (Å²) in [6.45, 7) is 9.54. The Balaban J connectivity index is 1.17. The van der Waals surface area contributed by atoms with Crippen LogP contribution in [0, 0.1) is 0 Å². The summed E-state index contributed by atoms with van der Waals surface area (Å²) in [6.07, 6.45) is 0.977. The molecule has 241 valence electrons. The van der Waals surface area contributed by atoms with Gasteiger partial charge in [0, 0.05) is 49.7 Å². The topological polar surface area (TPSA) is 28.9 Å². The summed E-state index contributed by atoms with van der Waals surface area (Å²) in [4.78, 5) is 4.02. The molecule has 0 saturated heterocycles. The molecule has 8 aromatic rings. The number of furan rings is 1. The summed E-state index contributed by atoms with van der Waals surface area (Å²) in [5.74, 6) is 0.207. The van der Waals surface area contributed by atoms with Crippen molar-refractivity contribution in [1.29, 1.82) is 0 Å². The van der Waals surface area contributed by atoms with Gasteiger partial charge in [0.05, 0.1) is 5.52 Å². The maximum Gasteiger partial charge on any atom is 0.193 e. The van der Waals surface area contributed by atoms with Crippen LogP contribution >= 0.6 is 0 Å². The van der Waals surface area contributed by atoms with Crippen molar-refractivity contribution in [1.82, 2.24) is 4.98 Å². The average molecular weight is 653 g/mol. The van der Waals surface area contributed by atoms with E-state index in [4.69, 9.17) is 4.42 Å². The third kappa shape index (κ3) is 3.32. The van der Waals surface area contributed by atoms with Gasteiger partial charge in [-0.25, -0.2) is 0 Å². The van der Waals surface area contributed by atoms with Crippen LogP contribution in [-0.4, -0.2) is 12.3 Å². The molecule has 3 heterocycles. The number of aromatic nitrogens is 1. The van der Waals surface area contributed by atoms with E-state index in [1.807, 2.05) is 0 Å². The van der Waals surface area contributed by atoms with E-state index in [1.54, 1.807) is 0 Å². The molecule has 3 heteroatoms. The van der Waals surface area contributed by atoms with Crippen LogP contribution < -0.4 is 10.9 Å². The molecule has 2 nitrogen and oxygen atoms in total. The summed E-state index contributed by atoms with van der Waals surface area (Å²) in [7, 11) is 2.50. The Morgan fingerprint density at radius 3 is 2.18 bits per heavy atom. The number of fused-ring (bicyclic) bond motifs is 14. The number of H-pyrrole nitrogens is 1. The fraction of sp³-hybridized carbons (Fsp3) is 0.167. The van der Waals surface area contributed by atoms with E-state index >= 15 is 0 Å². The first-order valence-electron chi connectivity index (χ1n) is 18.4. The Kier molecular flexibility index (Phi) is 5.10. The highest BCUT2D eigenvalue weighted by Crippen LogP contribution is 2.59. The van der Waals surface area contributed by atoms with Crippen LogP contribution in [-0.2, 0) is 10.8 Å². The third-order valence-electron chi connectivity index (χ3n) is 13.0. The SMILES string of the molecule is CC1(C)C2=C(CC3c4c(cccc42)[B]c2c(-c4cccc5c6c([nH]c45)C(C)(C)c4ccccc4-6)cc4oc5ccccc5c4c23)c2ccccc21. The number of rotatable bonds is 1. The molecule has 0 saturated carbocycles. The van der Waals surface area contributed by atoms with Gasteiger partial charge in [-0.2, -0.15) is 0 Å². The monoisotopic (exact) mass is 652 g/mol. The van der Waals surface area contributed by atoms with Gasteiger partial charge in [-0.05, 0) is 74.2 Å². The highest BCUT2D eigenvalue weighted by atomic mass is 16.3. The lowest BCUT2D eigenvalue weighted by atomic mass is 9.49. The van der Waals surface area contributed by atoms with Gasteiger partial charge in [0.25, 0.3) is 0 Å². The third-order valence-corrected chi connectivity index (χ3v) is 13.0. The molecule has 4 aliphatic rings. The van der Waals surface area contributed by atoms with Gasteiger partial charge in [0.1, 0.15) is 11.2 Å².